The van der Waals surface area contributed by atoms with E-state index in [2.05, 4.69) is 18.8 Å². The largest absolute Gasteiger partial charge is 0.230 e. The third-order valence-corrected chi connectivity index (χ3v) is 2.12. The summed E-state index contributed by atoms with van der Waals surface area (Å²) in [6.07, 6.45) is 0. The zero-order valence-electron chi connectivity index (χ0n) is 5.42. The molecule has 0 fully saturated rings. The van der Waals surface area contributed by atoms with Gasteiger partial charge in [-0.25, -0.2) is 4.98 Å². The van der Waals surface area contributed by atoms with Gasteiger partial charge in [0.1, 0.15) is 0 Å². The van der Waals surface area contributed by atoms with Crippen LogP contribution < -0.4 is 0 Å². The highest BCUT2D eigenvalue weighted by atomic mass is 32.2. The summed E-state index contributed by atoms with van der Waals surface area (Å²) in [6.45, 7) is 4.23. The van der Waals surface area contributed by atoms with Crippen LogP contribution in [-0.2, 0) is 0 Å². The fraction of sp³-hybridized carbons (Fsp3) is 0.500. The summed E-state index contributed by atoms with van der Waals surface area (Å²) < 4.78 is 0.749. The molecule has 0 N–H and O–H groups in total. The van der Waals surface area contributed by atoms with Crippen LogP contribution in [0.25, 0.3) is 0 Å². The van der Waals surface area contributed by atoms with Crippen LogP contribution >= 0.6 is 24.0 Å². The molecule has 0 aromatic carbocycles. The fourth-order valence-electron chi connectivity index (χ4n) is 0.534. The molecule has 0 aliphatic rings. The lowest BCUT2D eigenvalue weighted by Gasteiger charge is -1.94. The standard InChI is InChI=1S/C6H8NS2/c1-4(2)5-3-9-6(8)7-5/h3-4H,1-2H3. The van der Waals surface area contributed by atoms with Crippen LogP contribution in [0.2, 0.25) is 0 Å². The molecule has 1 nitrogen and oxygen atoms in total. The van der Waals surface area contributed by atoms with Gasteiger partial charge in [0, 0.05) is 5.38 Å². The Hall–Kier alpha value is -0.150. The van der Waals surface area contributed by atoms with Gasteiger partial charge in [-0.15, -0.1) is 11.3 Å². The first-order valence-electron chi connectivity index (χ1n) is 2.82. The first kappa shape index (κ1) is 6.96. The molecular formula is C6H8NS2. The van der Waals surface area contributed by atoms with Crippen LogP contribution in [0.15, 0.2) is 9.72 Å². The number of aromatic nitrogens is 1. The highest BCUT2D eigenvalue weighted by Gasteiger charge is 2.01. The summed E-state index contributed by atoms with van der Waals surface area (Å²) in [5, 5.41) is 2.02. The van der Waals surface area contributed by atoms with Crippen molar-refractivity contribution in [3.63, 3.8) is 0 Å². The molecule has 49 valence electrons. The number of nitrogens with zero attached hydrogens (tertiary/aromatic N) is 1. The van der Waals surface area contributed by atoms with Crippen molar-refractivity contribution in [2.45, 2.75) is 24.1 Å². The third kappa shape index (κ3) is 1.63. The molecule has 1 aromatic rings. The Morgan fingerprint density at radius 1 is 1.67 bits per heavy atom. The Labute approximate surface area is 64.5 Å². The number of hydrogen-bond donors (Lipinski definition) is 0. The minimum Gasteiger partial charge on any atom is -0.230 e. The first-order valence-corrected chi connectivity index (χ1v) is 4.11. The minimum absolute atomic E-state index is 0.512. The molecule has 9 heavy (non-hydrogen) atoms. The maximum absolute atomic E-state index is 4.86. The number of thiazole rings is 1. The molecular weight excluding hydrogens is 150 g/mol. The maximum Gasteiger partial charge on any atom is 0.180 e. The minimum atomic E-state index is 0.512. The van der Waals surface area contributed by atoms with E-state index in [9.17, 15) is 0 Å². The second-order valence-electron chi connectivity index (χ2n) is 2.19. The predicted octanol–water partition coefficient (Wildman–Crippen LogP) is 2.82. The van der Waals surface area contributed by atoms with Gasteiger partial charge in [-0.2, -0.15) is 0 Å². The van der Waals surface area contributed by atoms with Crippen LogP contribution in [0.4, 0.5) is 0 Å². The average Bonchev–Trinajstić information content (AvgIpc) is 2.14. The zero-order chi connectivity index (χ0) is 6.85. The quantitative estimate of drug-likeness (QED) is 0.612. The van der Waals surface area contributed by atoms with Gasteiger partial charge in [-0.1, -0.05) is 13.8 Å². The van der Waals surface area contributed by atoms with Gasteiger partial charge in [-0.3, -0.25) is 0 Å². The van der Waals surface area contributed by atoms with E-state index < -0.39 is 0 Å². The molecule has 1 rings (SSSR count). The Bertz CT molecular complexity index is 193. The molecule has 0 spiro atoms. The molecule has 0 aliphatic carbocycles. The Morgan fingerprint density at radius 2 is 2.33 bits per heavy atom. The molecule has 0 atom stereocenters. The van der Waals surface area contributed by atoms with Crippen molar-refractivity contribution in [3.05, 3.63) is 11.1 Å². The first-order chi connectivity index (χ1) is 4.20. The summed E-state index contributed by atoms with van der Waals surface area (Å²) in [7, 11) is 0. The normalized spacial score (nSPS) is 10.6. The van der Waals surface area contributed by atoms with Crippen molar-refractivity contribution in [2.24, 2.45) is 0 Å². The van der Waals surface area contributed by atoms with Crippen LogP contribution in [-0.4, -0.2) is 4.98 Å². The number of hydrogen-bond acceptors (Lipinski definition) is 2. The highest BCUT2D eigenvalue weighted by Crippen LogP contribution is 2.19. The van der Waals surface area contributed by atoms with Gasteiger partial charge >= 0.3 is 0 Å². The Balaban J connectivity index is 2.85. The van der Waals surface area contributed by atoms with Crippen LogP contribution in [0, 0.1) is 0 Å². The monoisotopic (exact) mass is 158 g/mol. The van der Waals surface area contributed by atoms with Gasteiger partial charge in [0.05, 0.1) is 5.69 Å². The van der Waals surface area contributed by atoms with Crippen LogP contribution in [0.3, 0.4) is 0 Å². The summed E-state index contributed by atoms with van der Waals surface area (Å²) in [5.74, 6) is 0.512. The SMILES string of the molecule is CC(C)c1csc([S])n1. The predicted molar refractivity (Wildman–Crippen MR) is 42.1 cm³/mol. The molecule has 0 aliphatic heterocycles. The fourth-order valence-corrected chi connectivity index (χ4v) is 1.49. The molecule has 1 aromatic heterocycles. The van der Waals surface area contributed by atoms with Crippen LogP contribution in [0.1, 0.15) is 25.5 Å². The van der Waals surface area contributed by atoms with Crippen molar-refractivity contribution in [1.82, 2.24) is 4.98 Å². The van der Waals surface area contributed by atoms with Gasteiger partial charge < -0.3 is 0 Å². The van der Waals surface area contributed by atoms with E-state index >= 15 is 0 Å². The molecule has 0 bridgehead atoms. The molecule has 3 heteroatoms. The molecule has 0 unspecified atom stereocenters. The average molecular weight is 158 g/mol. The summed E-state index contributed by atoms with van der Waals surface area (Å²) >= 11 is 6.40. The van der Waals surface area contributed by atoms with Gasteiger partial charge in [0.25, 0.3) is 0 Å². The molecule has 0 amide bonds. The van der Waals surface area contributed by atoms with E-state index in [-0.39, 0.29) is 0 Å². The van der Waals surface area contributed by atoms with Crippen molar-refractivity contribution >= 4 is 24.0 Å². The number of rotatable bonds is 1. The van der Waals surface area contributed by atoms with Gasteiger partial charge in [0.15, 0.2) is 4.34 Å². The highest BCUT2D eigenvalue weighted by molar-refractivity contribution is 7.82. The Kier molecular flexibility index (Phi) is 2.03. The van der Waals surface area contributed by atoms with Gasteiger partial charge in [-0.05, 0) is 18.5 Å². The summed E-state index contributed by atoms with van der Waals surface area (Å²) in [6, 6.07) is 0. The van der Waals surface area contributed by atoms with E-state index in [4.69, 9.17) is 12.6 Å². The molecule has 0 saturated carbocycles. The lowest BCUT2D eigenvalue weighted by molar-refractivity contribution is 0.822. The molecule has 0 saturated heterocycles. The molecule has 1 heterocycles. The van der Waals surface area contributed by atoms with E-state index in [1.165, 1.54) is 11.3 Å². The zero-order valence-corrected chi connectivity index (χ0v) is 7.05. The van der Waals surface area contributed by atoms with Crippen molar-refractivity contribution in [3.8, 4) is 0 Å². The van der Waals surface area contributed by atoms with E-state index in [1.54, 1.807) is 0 Å². The summed E-state index contributed by atoms with van der Waals surface area (Å²) in [4.78, 5) is 4.14. The van der Waals surface area contributed by atoms with E-state index in [0.717, 1.165) is 10.0 Å². The van der Waals surface area contributed by atoms with Crippen molar-refractivity contribution in [2.75, 3.05) is 0 Å². The van der Waals surface area contributed by atoms with E-state index in [1.807, 2.05) is 5.38 Å². The van der Waals surface area contributed by atoms with Crippen LogP contribution in [0.5, 0.6) is 0 Å². The maximum atomic E-state index is 4.86. The lowest BCUT2D eigenvalue weighted by Crippen LogP contribution is -1.84. The van der Waals surface area contributed by atoms with Crippen molar-refractivity contribution in [1.29, 1.82) is 0 Å². The van der Waals surface area contributed by atoms with Gasteiger partial charge in [0.2, 0.25) is 0 Å². The third-order valence-electron chi connectivity index (χ3n) is 1.09. The smallest absolute Gasteiger partial charge is 0.180 e. The second kappa shape index (κ2) is 2.62. The topological polar surface area (TPSA) is 12.9 Å². The van der Waals surface area contributed by atoms with E-state index in [0.29, 0.717) is 5.92 Å². The lowest BCUT2D eigenvalue weighted by atomic mass is 10.2. The molecule has 1 radical (unpaired) electrons. The second-order valence-corrected chi connectivity index (χ2v) is 3.70. The Morgan fingerprint density at radius 3 is 2.56 bits per heavy atom. The summed E-state index contributed by atoms with van der Waals surface area (Å²) in [5.41, 5.74) is 1.12. The van der Waals surface area contributed by atoms with Crippen molar-refractivity contribution < 1.29 is 0 Å².